The van der Waals surface area contributed by atoms with E-state index < -0.39 is 0 Å². The molecular weight excluding hydrogens is 194 g/mol. The first-order chi connectivity index (χ1) is 6.66. The maximum Gasteiger partial charge on any atom is 0.0443 e. The molecule has 0 saturated carbocycles. The van der Waals surface area contributed by atoms with Crippen molar-refractivity contribution in [2.75, 3.05) is 0 Å². The Bertz CT molecular complexity index is 344. The molecule has 0 saturated heterocycles. The second kappa shape index (κ2) is 3.92. The van der Waals surface area contributed by atoms with E-state index in [2.05, 4.69) is 12.1 Å². The molecule has 1 aliphatic rings. The zero-order valence-corrected chi connectivity index (χ0v) is 9.27. The second-order valence-electron chi connectivity index (χ2n) is 4.25. The van der Waals surface area contributed by atoms with Gasteiger partial charge in [-0.2, -0.15) is 0 Å². The molecule has 0 amide bonds. The van der Waals surface area contributed by atoms with E-state index in [0.29, 0.717) is 0 Å². The van der Waals surface area contributed by atoms with Gasteiger partial charge in [-0.1, -0.05) is 17.7 Å². The first-order valence-corrected chi connectivity index (χ1v) is 5.60. The maximum absolute atomic E-state index is 6.22. The molecule has 0 bridgehead atoms. The first kappa shape index (κ1) is 10.0. The van der Waals surface area contributed by atoms with E-state index in [-0.39, 0.29) is 6.04 Å². The Morgan fingerprint density at radius 3 is 2.93 bits per heavy atom. The minimum absolute atomic E-state index is 0.213. The Hall–Kier alpha value is -0.530. The normalized spacial score (nSPS) is 16.8. The molecule has 2 N–H and O–H groups in total. The van der Waals surface area contributed by atoms with Crippen LogP contribution in [0.15, 0.2) is 12.1 Å². The van der Waals surface area contributed by atoms with E-state index in [1.807, 2.05) is 6.92 Å². The van der Waals surface area contributed by atoms with Crippen LogP contribution in [-0.2, 0) is 19.3 Å². The largest absolute Gasteiger partial charge is 0.328 e. The molecule has 0 fully saturated rings. The summed E-state index contributed by atoms with van der Waals surface area (Å²) in [7, 11) is 0. The van der Waals surface area contributed by atoms with Gasteiger partial charge in [0.1, 0.15) is 0 Å². The number of hydrogen-bond acceptors (Lipinski definition) is 1. The van der Waals surface area contributed by atoms with Gasteiger partial charge < -0.3 is 5.73 Å². The highest BCUT2D eigenvalue weighted by Gasteiger charge is 2.15. The van der Waals surface area contributed by atoms with Crippen LogP contribution in [0.2, 0.25) is 5.02 Å². The Balaban J connectivity index is 2.32. The summed E-state index contributed by atoms with van der Waals surface area (Å²) in [5.74, 6) is 0. The molecule has 0 aliphatic heterocycles. The lowest BCUT2D eigenvalue weighted by Crippen LogP contribution is -2.17. The molecule has 1 atom stereocenters. The van der Waals surface area contributed by atoms with Crippen molar-refractivity contribution in [2.45, 2.75) is 38.6 Å². The first-order valence-electron chi connectivity index (χ1n) is 5.22. The molecule has 0 heterocycles. The van der Waals surface area contributed by atoms with Gasteiger partial charge in [0.05, 0.1) is 0 Å². The summed E-state index contributed by atoms with van der Waals surface area (Å²) < 4.78 is 0. The van der Waals surface area contributed by atoms with Gasteiger partial charge >= 0.3 is 0 Å². The highest BCUT2D eigenvalue weighted by Crippen LogP contribution is 2.30. The van der Waals surface area contributed by atoms with Crippen LogP contribution in [0.3, 0.4) is 0 Å². The predicted octanol–water partition coefficient (Wildman–Crippen LogP) is 2.72. The standard InChI is InChI=1S/C12H16ClN/c1-8(14)5-9-6-10-3-2-4-11(10)12(13)7-9/h6-8H,2-5,14H2,1H3. The van der Waals surface area contributed by atoms with Crippen molar-refractivity contribution in [3.8, 4) is 0 Å². The van der Waals surface area contributed by atoms with Crippen molar-refractivity contribution < 1.29 is 0 Å². The predicted molar refractivity (Wildman–Crippen MR) is 60.8 cm³/mol. The highest BCUT2D eigenvalue weighted by atomic mass is 35.5. The monoisotopic (exact) mass is 209 g/mol. The van der Waals surface area contributed by atoms with Gasteiger partial charge in [-0.3, -0.25) is 0 Å². The lowest BCUT2D eigenvalue weighted by atomic mass is 10.0. The topological polar surface area (TPSA) is 26.0 Å². The van der Waals surface area contributed by atoms with E-state index in [9.17, 15) is 0 Å². The van der Waals surface area contributed by atoms with Gasteiger partial charge in [-0.05, 0) is 55.4 Å². The summed E-state index contributed by atoms with van der Waals surface area (Å²) in [4.78, 5) is 0. The number of halogens is 1. The zero-order chi connectivity index (χ0) is 10.1. The molecule has 0 aromatic heterocycles. The summed E-state index contributed by atoms with van der Waals surface area (Å²) in [6, 6.07) is 4.57. The summed E-state index contributed by atoms with van der Waals surface area (Å²) in [5, 5.41) is 0.940. The molecule has 2 rings (SSSR count). The number of aryl methyl sites for hydroxylation is 1. The molecule has 2 heteroatoms. The summed E-state index contributed by atoms with van der Waals surface area (Å²) in [6.07, 6.45) is 4.50. The van der Waals surface area contributed by atoms with Crippen molar-refractivity contribution in [1.29, 1.82) is 0 Å². The molecule has 0 radical (unpaired) electrons. The third kappa shape index (κ3) is 1.94. The quantitative estimate of drug-likeness (QED) is 0.797. The zero-order valence-electron chi connectivity index (χ0n) is 8.52. The van der Waals surface area contributed by atoms with Crippen molar-refractivity contribution in [2.24, 2.45) is 5.73 Å². The molecule has 0 spiro atoms. The molecule has 1 unspecified atom stereocenters. The Kier molecular flexibility index (Phi) is 2.80. The smallest absolute Gasteiger partial charge is 0.0443 e. The van der Waals surface area contributed by atoms with Crippen LogP contribution in [0, 0.1) is 0 Å². The summed E-state index contributed by atoms with van der Waals surface area (Å²) in [5.41, 5.74) is 9.86. The second-order valence-corrected chi connectivity index (χ2v) is 4.66. The van der Waals surface area contributed by atoms with Gasteiger partial charge in [0.15, 0.2) is 0 Å². The van der Waals surface area contributed by atoms with Gasteiger partial charge in [-0.15, -0.1) is 0 Å². The number of nitrogens with two attached hydrogens (primary N) is 1. The fraction of sp³-hybridized carbons (Fsp3) is 0.500. The molecule has 1 aromatic carbocycles. The van der Waals surface area contributed by atoms with E-state index in [1.54, 1.807) is 0 Å². The minimum Gasteiger partial charge on any atom is -0.328 e. The minimum atomic E-state index is 0.213. The van der Waals surface area contributed by atoms with E-state index in [1.165, 1.54) is 29.5 Å². The van der Waals surface area contributed by atoms with E-state index in [4.69, 9.17) is 17.3 Å². The van der Waals surface area contributed by atoms with Crippen LogP contribution < -0.4 is 5.73 Å². The lowest BCUT2D eigenvalue weighted by molar-refractivity contribution is 0.737. The number of benzene rings is 1. The molecule has 1 aromatic rings. The third-order valence-corrected chi connectivity index (χ3v) is 3.12. The van der Waals surface area contributed by atoms with Gasteiger partial charge in [0, 0.05) is 11.1 Å². The number of rotatable bonds is 2. The van der Waals surface area contributed by atoms with Crippen molar-refractivity contribution >= 4 is 11.6 Å². The SMILES string of the molecule is CC(N)Cc1cc(Cl)c2c(c1)CCC2. The van der Waals surface area contributed by atoms with E-state index >= 15 is 0 Å². The Labute approximate surface area is 90.3 Å². The van der Waals surface area contributed by atoms with Crippen molar-refractivity contribution in [3.63, 3.8) is 0 Å². The van der Waals surface area contributed by atoms with Gasteiger partial charge in [0.25, 0.3) is 0 Å². The van der Waals surface area contributed by atoms with Crippen LogP contribution >= 0.6 is 11.6 Å². The number of fused-ring (bicyclic) bond motifs is 1. The van der Waals surface area contributed by atoms with Crippen molar-refractivity contribution in [1.82, 2.24) is 0 Å². The van der Waals surface area contributed by atoms with Crippen LogP contribution in [0.1, 0.15) is 30.0 Å². The molecule has 14 heavy (non-hydrogen) atoms. The van der Waals surface area contributed by atoms with Gasteiger partial charge in [-0.25, -0.2) is 0 Å². The van der Waals surface area contributed by atoms with Crippen LogP contribution in [0.5, 0.6) is 0 Å². The third-order valence-electron chi connectivity index (χ3n) is 2.78. The van der Waals surface area contributed by atoms with E-state index in [0.717, 1.165) is 17.9 Å². The maximum atomic E-state index is 6.22. The van der Waals surface area contributed by atoms with Crippen LogP contribution in [0.4, 0.5) is 0 Å². The van der Waals surface area contributed by atoms with Crippen LogP contribution in [-0.4, -0.2) is 6.04 Å². The lowest BCUT2D eigenvalue weighted by Gasteiger charge is -2.09. The molecule has 1 aliphatic carbocycles. The summed E-state index contributed by atoms with van der Waals surface area (Å²) >= 11 is 6.22. The average molecular weight is 210 g/mol. The average Bonchev–Trinajstić information content (AvgIpc) is 2.50. The molecule has 76 valence electrons. The Morgan fingerprint density at radius 1 is 1.43 bits per heavy atom. The number of hydrogen-bond donors (Lipinski definition) is 1. The fourth-order valence-corrected chi connectivity index (χ4v) is 2.56. The fourth-order valence-electron chi connectivity index (χ4n) is 2.20. The summed E-state index contributed by atoms with van der Waals surface area (Å²) in [6.45, 7) is 2.03. The Morgan fingerprint density at radius 2 is 2.21 bits per heavy atom. The molecular formula is C12H16ClN. The molecule has 1 nitrogen and oxygen atoms in total. The van der Waals surface area contributed by atoms with Gasteiger partial charge in [0.2, 0.25) is 0 Å². The highest BCUT2D eigenvalue weighted by molar-refractivity contribution is 6.31. The van der Waals surface area contributed by atoms with Crippen LogP contribution in [0.25, 0.3) is 0 Å². The van der Waals surface area contributed by atoms with Crippen molar-refractivity contribution in [3.05, 3.63) is 33.8 Å².